The van der Waals surface area contributed by atoms with E-state index in [4.69, 9.17) is 5.26 Å². The minimum absolute atomic E-state index is 0.0239. The van der Waals surface area contributed by atoms with E-state index in [1.54, 1.807) is 36.2 Å². The van der Waals surface area contributed by atoms with Gasteiger partial charge < -0.3 is 19.6 Å². The Hall–Kier alpha value is -2.82. The maximum Gasteiger partial charge on any atom is 0.319 e. The Kier molecular flexibility index (Phi) is 5.79. The molecule has 0 radical (unpaired) electrons. The Balaban J connectivity index is 1.55. The molecule has 0 saturated carbocycles. The molecule has 8 heteroatoms. The fourth-order valence-electron chi connectivity index (χ4n) is 3.69. The standard InChI is InChI=1S/C19H26N6O2/c1-22(2)19(27)25-7-3-4-16(14-25)18(26)24-10-8-23(9-11-24)17-6-5-15(12-20)13-21-17/h5-6,13,16H,3-4,7-11,14H2,1-2H3/t16-/m0/s1. The highest BCUT2D eigenvalue weighted by atomic mass is 16.2. The lowest BCUT2D eigenvalue weighted by atomic mass is 9.96. The van der Waals surface area contributed by atoms with Crippen LogP contribution >= 0.6 is 0 Å². The Morgan fingerprint density at radius 3 is 2.48 bits per heavy atom. The molecule has 144 valence electrons. The number of likely N-dealkylation sites (tertiary alicyclic amines) is 1. The lowest BCUT2D eigenvalue weighted by Gasteiger charge is -2.39. The molecule has 2 aliphatic rings. The van der Waals surface area contributed by atoms with Crippen LogP contribution in [0.5, 0.6) is 0 Å². The van der Waals surface area contributed by atoms with Gasteiger partial charge in [0.15, 0.2) is 0 Å². The van der Waals surface area contributed by atoms with Crippen molar-refractivity contribution in [1.29, 1.82) is 5.26 Å². The van der Waals surface area contributed by atoms with Crippen LogP contribution in [-0.2, 0) is 4.79 Å². The van der Waals surface area contributed by atoms with Crippen molar-refractivity contribution < 1.29 is 9.59 Å². The molecule has 3 rings (SSSR count). The largest absolute Gasteiger partial charge is 0.353 e. The molecule has 2 aliphatic heterocycles. The topological polar surface area (TPSA) is 83.8 Å². The fourth-order valence-corrected chi connectivity index (χ4v) is 3.69. The molecular formula is C19H26N6O2. The van der Waals surface area contributed by atoms with Gasteiger partial charge in [-0.1, -0.05) is 0 Å². The number of rotatable bonds is 2. The first-order chi connectivity index (χ1) is 13.0. The number of piperidine rings is 1. The molecule has 0 aliphatic carbocycles. The number of nitrogens with zero attached hydrogens (tertiary/aromatic N) is 6. The van der Waals surface area contributed by atoms with Gasteiger partial charge in [0.2, 0.25) is 5.91 Å². The summed E-state index contributed by atoms with van der Waals surface area (Å²) in [6, 6.07) is 5.66. The van der Waals surface area contributed by atoms with E-state index in [2.05, 4.69) is 16.0 Å². The number of carbonyl (C=O) groups is 2. The molecule has 2 fully saturated rings. The zero-order chi connectivity index (χ0) is 19.4. The molecule has 0 unspecified atom stereocenters. The van der Waals surface area contributed by atoms with E-state index in [9.17, 15) is 9.59 Å². The number of amides is 3. The van der Waals surface area contributed by atoms with Crippen molar-refractivity contribution in [2.75, 3.05) is 58.3 Å². The van der Waals surface area contributed by atoms with E-state index < -0.39 is 0 Å². The van der Waals surface area contributed by atoms with Crippen LogP contribution in [0.4, 0.5) is 10.6 Å². The predicted molar refractivity (Wildman–Crippen MR) is 101 cm³/mol. The maximum atomic E-state index is 12.9. The SMILES string of the molecule is CN(C)C(=O)N1CCC[C@H](C(=O)N2CCN(c3ccc(C#N)cn3)CC2)C1. The average Bonchev–Trinajstić information content (AvgIpc) is 2.73. The summed E-state index contributed by atoms with van der Waals surface area (Å²) in [6.07, 6.45) is 3.28. The average molecular weight is 370 g/mol. The summed E-state index contributed by atoms with van der Waals surface area (Å²) in [4.78, 5) is 36.8. The first kappa shape index (κ1) is 19.0. The number of piperazine rings is 1. The highest BCUT2D eigenvalue weighted by molar-refractivity contribution is 5.81. The lowest BCUT2D eigenvalue weighted by molar-refractivity contribution is -0.137. The first-order valence-corrected chi connectivity index (χ1v) is 9.35. The third kappa shape index (κ3) is 4.30. The molecule has 1 atom stereocenters. The van der Waals surface area contributed by atoms with Crippen molar-refractivity contribution in [3.63, 3.8) is 0 Å². The van der Waals surface area contributed by atoms with Crippen LogP contribution in [0.3, 0.4) is 0 Å². The van der Waals surface area contributed by atoms with Gasteiger partial charge in [0, 0.05) is 59.6 Å². The van der Waals surface area contributed by atoms with E-state index in [0.29, 0.717) is 25.2 Å². The van der Waals surface area contributed by atoms with Crippen molar-refractivity contribution in [2.45, 2.75) is 12.8 Å². The maximum absolute atomic E-state index is 12.9. The number of urea groups is 1. The molecule has 0 bridgehead atoms. The highest BCUT2D eigenvalue weighted by Crippen LogP contribution is 2.21. The fraction of sp³-hybridized carbons (Fsp3) is 0.579. The van der Waals surface area contributed by atoms with Crippen LogP contribution in [-0.4, -0.2) is 85.0 Å². The van der Waals surface area contributed by atoms with Gasteiger partial charge in [0.25, 0.3) is 0 Å². The van der Waals surface area contributed by atoms with Crippen molar-refractivity contribution in [2.24, 2.45) is 5.92 Å². The molecule has 3 amide bonds. The number of hydrogen-bond acceptors (Lipinski definition) is 5. The number of hydrogen-bond donors (Lipinski definition) is 0. The summed E-state index contributed by atoms with van der Waals surface area (Å²) >= 11 is 0. The van der Waals surface area contributed by atoms with Gasteiger partial charge in [-0.25, -0.2) is 9.78 Å². The van der Waals surface area contributed by atoms with Crippen LogP contribution < -0.4 is 4.90 Å². The van der Waals surface area contributed by atoms with E-state index in [0.717, 1.165) is 38.3 Å². The summed E-state index contributed by atoms with van der Waals surface area (Å²) in [5.41, 5.74) is 0.543. The predicted octanol–water partition coefficient (Wildman–Crippen LogP) is 0.995. The molecule has 27 heavy (non-hydrogen) atoms. The van der Waals surface area contributed by atoms with Crippen molar-refractivity contribution in [1.82, 2.24) is 19.7 Å². The van der Waals surface area contributed by atoms with Crippen LogP contribution in [0.1, 0.15) is 18.4 Å². The van der Waals surface area contributed by atoms with Crippen molar-refractivity contribution >= 4 is 17.8 Å². The minimum atomic E-state index is -0.109. The van der Waals surface area contributed by atoms with Gasteiger partial charge in [0.05, 0.1) is 11.5 Å². The third-order valence-corrected chi connectivity index (χ3v) is 5.22. The van der Waals surface area contributed by atoms with Gasteiger partial charge in [-0.15, -0.1) is 0 Å². The van der Waals surface area contributed by atoms with Crippen LogP contribution in [0.25, 0.3) is 0 Å². The summed E-state index contributed by atoms with van der Waals surface area (Å²) in [7, 11) is 3.48. The Bertz CT molecular complexity index is 719. The summed E-state index contributed by atoms with van der Waals surface area (Å²) in [5.74, 6) is 0.877. The first-order valence-electron chi connectivity index (χ1n) is 9.35. The summed E-state index contributed by atoms with van der Waals surface area (Å²) in [5, 5.41) is 8.87. The van der Waals surface area contributed by atoms with Gasteiger partial charge in [-0.3, -0.25) is 4.79 Å². The number of pyridine rings is 1. The third-order valence-electron chi connectivity index (χ3n) is 5.22. The van der Waals surface area contributed by atoms with E-state index in [1.165, 1.54) is 0 Å². The molecular weight excluding hydrogens is 344 g/mol. The molecule has 1 aromatic heterocycles. The van der Waals surface area contributed by atoms with Crippen LogP contribution in [0.15, 0.2) is 18.3 Å². The quantitative estimate of drug-likeness (QED) is 0.775. The summed E-state index contributed by atoms with van der Waals surface area (Å²) < 4.78 is 0. The molecule has 2 saturated heterocycles. The Morgan fingerprint density at radius 2 is 1.89 bits per heavy atom. The zero-order valence-electron chi connectivity index (χ0n) is 16.0. The number of aromatic nitrogens is 1. The van der Waals surface area contributed by atoms with Gasteiger partial charge in [0.1, 0.15) is 11.9 Å². The monoisotopic (exact) mass is 370 g/mol. The second kappa shape index (κ2) is 8.25. The molecule has 0 aromatic carbocycles. The molecule has 3 heterocycles. The lowest BCUT2D eigenvalue weighted by Crippen LogP contribution is -2.54. The Morgan fingerprint density at radius 1 is 1.15 bits per heavy atom. The van der Waals surface area contributed by atoms with Gasteiger partial charge in [-0.05, 0) is 25.0 Å². The second-order valence-corrected chi connectivity index (χ2v) is 7.29. The molecule has 0 N–H and O–H groups in total. The van der Waals surface area contributed by atoms with Crippen LogP contribution in [0, 0.1) is 17.2 Å². The second-order valence-electron chi connectivity index (χ2n) is 7.29. The number of nitriles is 1. The molecule has 0 spiro atoms. The van der Waals surface area contributed by atoms with E-state index in [1.807, 2.05) is 11.0 Å². The van der Waals surface area contributed by atoms with Crippen molar-refractivity contribution in [3.05, 3.63) is 23.9 Å². The van der Waals surface area contributed by atoms with Crippen molar-refractivity contribution in [3.8, 4) is 6.07 Å². The van der Waals surface area contributed by atoms with Gasteiger partial charge in [-0.2, -0.15) is 5.26 Å². The Labute approximate surface area is 160 Å². The van der Waals surface area contributed by atoms with Gasteiger partial charge >= 0.3 is 6.03 Å². The van der Waals surface area contributed by atoms with Crippen LogP contribution in [0.2, 0.25) is 0 Å². The number of anilines is 1. The summed E-state index contributed by atoms with van der Waals surface area (Å²) in [6.45, 7) is 3.97. The smallest absolute Gasteiger partial charge is 0.319 e. The molecule has 8 nitrogen and oxygen atoms in total. The van der Waals surface area contributed by atoms with E-state index in [-0.39, 0.29) is 17.9 Å². The highest BCUT2D eigenvalue weighted by Gasteiger charge is 2.33. The van der Waals surface area contributed by atoms with E-state index >= 15 is 0 Å². The zero-order valence-corrected chi connectivity index (χ0v) is 16.0. The molecule has 1 aromatic rings. The number of carbonyl (C=O) groups excluding carboxylic acids is 2. The normalized spacial score (nSPS) is 20.2. The minimum Gasteiger partial charge on any atom is -0.353 e.